The highest BCUT2D eigenvalue weighted by molar-refractivity contribution is 4.88. The molecule has 0 bridgehead atoms. The number of hydrogen-bond acceptors (Lipinski definition) is 5. The molecule has 170 valence electrons. The van der Waals surface area contributed by atoms with Gasteiger partial charge in [0.15, 0.2) is 0 Å². The number of rotatable bonds is 8. The normalized spacial score (nSPS) is 39.5. The van der Waals surface area contributed by atoms with Crippen LogP contribution < -0.4 is 0 Å². The highest BCUT2D eigenvalue weighted by Crippen LogP contribution is 2.38. The molecule has 0 amide bonds. The van der Waals surface area contributed by atoms with Crippen molar-refractivity contribution < 1.29 is 14.9 Å². The summed E-state index contributed by atoms with van der Waals surface area (Å²) in [4.78, 5) is 4.92. The maximum absolute atomic E-state index is 10.6. The number of likely N-dealkylation sites (N-methyl/N-ethyl adjacent to an activating group) is 1. The van der Waals surface area contributed by atoms with Crippen LogP contribution in [0, 0.1) is 23.7 Å². The van der Waals surface area contributed by atoms with Gasteiger partial charge in [-0.05, 0) is 75.7 Å². The van der Waals surface area contributed by atoms with Crippen molar-refractivity contribution in [2.75, 3.05) is 39.8 Å². The molecule has 2 saturated heterocycles. The number of β-amino-alcohol motifs (C(OH)–C–C–N with tert-alkyl or cyclic N) is 2. The molecule has 2 aliphatic heterocycles. The Morgan fingerprint density at radius 1 is 0.931 bits per heavy atom. The fraction of sp³-hybridized carbons (Fsp3) is 1.00. The van der Waals surface area contributed by atoms with Crippen molar-refractivity contribution in [3.63, 3.8) is 0 Å². The number of aliphatic hydroxyl groups is 2. The highest BCUT2D eigenvalue weighted by Gasteiger charge is 2.36. The van der Waals surface area contributed by atoms with Crippen molar-refractivity contribution in [3.8, 4) is 0 Å². The summed E-state index contributed by atoms with van der Waals surface area (Å²) in [6.45, 7) is 11.8. The molecule has 3 fully saturated rings. The van der Waals surface area contributed by atoms with E-state index in [-0.39, 0.29) is 12.2 Å². The van der Waals surface area contributed by atoms with E-state index in [4.69, 9.17) is 4.74 Å². The summed E-state index contributed by atoms with van der Waals surface area (Å²) in [7, 11) is 1.87. The Morgan fingerprint density at radius 3 is 2.31 bits per heavy atom. The zero-order valence-electron chi connectivity index (χ0n) is 19.3. The van der Waals surface area contributed by atoms with E-state index in [9.17, 15) is 10.2 Å². The molecule has 5 heteroatoms. The SMILES string of the molecule is CCN1CC(O)CC(CC(C)N2CC(CC(C)C3CCCC3OC)C[C@H](O)C2)C1. The number of nitrogens with zero attached hydrogens (tertiary/aromatic N) is 2. The van der Waals surface area contributed by atoms with Crippen molar-refractivity contribution in [1.29, 1.82) is 0 Å². The Bertz CT molecular complexity index is 491. The van der Waals surface area contributed by atoms with E-state index in [1.807, 2.05) is 7.11 Å². The van der Waals surface area contributed by atoms with Gasteiger partial charge >= 0.3 is 0 Å². The molecule has 0 aromatic rings. The van der Waals surface area contributed by atoms with Gasteiger partial charge in [0.25, 0.3) is 0 Å². The maximum Gasteiger partial charge on any atom is 0.0670 e. The molecule has 8 atom stereocenters. The maximum atomic E-state index is 10.6. The Labute approximate surface area is 178 Å². The molecule has 3 aliphatic rings. The fourth-order valence-corrected chi connectivity index (χ4v) is 6.67. The molecule has 7 unspecified atom stereocenters. The summed E-state index contributed by atoms with van der Waals surface area (Å²) in [5.74, 6) is 2.50. The van der Waals surface area contributed by atoms with Crippen LogP contribution in [0.15, 0.2) is 0 Å². The standard InChI is InChI=1S/C24H46N2O3/c1-5-25-13-20(12-21(27)15-25)10-18(3)26-14-19(11-22(28)16-26)9-17(2)23-7-6-8-24(23)29-4/h17-24,27-28H,5-16H2,1-4H3/t17?,18?,19?,20?,21?,22-,23?,24?/m0/s1. The van der Waals surface area contributed by atoms with Crippen molar-refractivity contribution in [2.45, 2.75) is 90.1 Å². The number of likely N-dealkylation sites (tertiary alicyclic amines) is 2. The Hall–Kier alpha value is -0.200. The second kappa shape index (κ2) is 10.9. The third-order valence-corrected chi connectivity index (χ3v) is 8.12. The molecule has 3 rings (SSSR count). The molecular weight excluding hydrogens is 364 g/mol. The fourth-order valence-electron chi connectivity index (χ4n) is 6.67. The Morgan fingerprint density at radius 2 is 1.62 bits per heavy atom. The van der Waals surface area contributed by atoms with E-state index in [2.05, 4.69) is 30.6 Å². The molecule has 1 saturated carbocycles. The van der Waals surface area contributed by atoms with E-state index in [0.717, 1.165) is 52.0 Å². The molecule has 29 heavy (non-hydrogen) atoms. The Balaban J connectivity index is 1.52. The average molecular weight is 411 g/mol. The van der Waals surface area contributed by atoms with Crippen molar-refractivity contribution in [3.05, 3.63) is 0 Å². The van der Waals surface area contributed by atoms with Gasteiger partial charge in [-0.1, -0.05) is 20.3 Å². The predicted octanol–water partition coefficient (Wildman–Crippen LogP) is 2.99. The van der Waals surface area contributed by atoms with Crippen LogP contribution in [0.25, 0.3) is 0 Å². The van der Waals surface area contributed by atoms with Crippen LogP contribution in [0.3, 0.4) is 0 Å². The van der Waals surface area contributed by atoms with Gasteiger partial charge in [0.2, 0.25) is 0 Å². The first-order valence-electron chi connectivity index (χ1n) is 12.2. The second-order valence-corrected chi connectivity index (χ2v) is 10.5. The molecule has 2 heterocycles. The first kappa shape index (κ1) is 23.5. The number of aliphatic hydroxyl groups excluding tert-OH is 2. The molecule has 0 spiro atoms. The second-order valence-electron chi connectivity index (χ2n) is 10.5. The lowest BCUT2D eigenvalue weighted by Gasteiger charge is -2.43. The number of ether oxygens (including phenoxy) is 1. The predicted molar refractivity (Wildman–Crippen MR) is 118 cm³/mol. The van der Waals surface area contributed by atoms with Crippen LogP contribution in [0.5, 0.6) is 0 Å². The quantitative estimate of drug-likeness (QED) is 0.644. The largest absolute Gasteiger partial charge is 0.392 e. The summed E-state index contributed by atoms with van der Waals surface area (Å²) >= 11 is 0. The number of methoxy groups -OCH3 is 1. The van der Waals surface area contributed by atoms with Crippen LogP contribution >= 0.6 is 0 Å². The summed E-state index contributed by atoms with van der Waals surface area (Å²) in [6.07, 6.45) is 8.07. The van der Waals surface area contributed by atoms with Crippen LogP contribution in [0.4, 0.5) is 0 Å². The van der Waals surface area contributed by atoms with Gasteiger partial charge in [0.05, 0.1) is 18.3 Å². The van der Waals surface area contributed by atoms with Gasteiger partial charge in [0, 0.05) is 39.3 Å². The van der Waals surface area contributed by atoms with Crippen molar-refractivity contribution in [1.82, 2.24) is 9.80 Å². The van der Waals surface area contributed by atoms with Crippen LogP contribution in [0.2, 0.25) is 0 Å². The van der Waals surface area contributed by atoms with E-state index in [0.29, 0.717) is 35.8 Å². The molecule has 1 aliphatic carbocycles. The molecule has 0 aromatic carbocycles. The van der Waals surface area contributed by atoms with Crippen LogP contribution in [-0.2, 0) is 4.74 Å². The van der Waals surface area contributed by atoms with Crippen LogP contribution in [-0.4, -0.2) is 84.2 Å². The summed E-state index contributed by atoms with van der Waals surface area (Å²) in [5, 5.41) is 20.8. The third kappa shape index (κ3) is 6.39. The first-order valence-corrected chi connectivity index (χ1v) is 12.2. The molecule has 2 N–H and O–H groups in total. The lowest BCUT2D eigenvalue weighted by molar-refractivity contribution is -0.00931. The summed E-state index contributed by atoms with van der Waals surface area (Å²) in [5.41, 5.74) is 0. The summed E-state index contributed by atoms with van der Waals surface area (Å²) in [6, 6.07) is 0.468. The van der Waals surface area contributed by atoms with Gasteiger partial charge in [-0.2, -0.15) is 0 Å². The van der Waals surface area contributed by atoms with Gasteiger partial charge in [-0.3, -0.25) is 4.90 Å². The van der Waals surface area contributed by atoms with Gasteiger partial charge in [-0.25, -0.2) is 0 Å². The molecular formula is C24H46N2O3. The smallest absolute Gasteiger partial charge is 0.0670 e. The van der Waals surface area contributed by atoms with E-state index in [1.54, 1.807) is 0 Å². The molecule has 5 nitrogen and oxygen atoms in total. The minimum Gasteiger partial charge on any atom is -0.392 e. The minimum atomic E-state index is -0.200. The van der Waals surface area contributed by atoms with Crippen molar-refractivity contribution >= 4 is 0 Å². The van der Waals surface area contributed by atoms with Gasteiger partial charge in [-0.15, -0.1) is 0 Å². The summed E-state index contributed by atoms with van der Waals surface area (Å²) < 4.78 is 5.74. The average Bonchev–Trinajstić information content (AvgIpc) is 3.16. The molecule has 0 aromatic heterocycles. The zero-order valence-corrected chi connectivity index (χ0v) is 19.3. The van der Waals surface area contributed by atoms with E-state index >= 15 is 0 Å². The topological polar surface area (TPSA) is 56.2 Å². The lowest BCUT2D eigenvalue weighted by Crippen LogP contribution is -2.50. The highest BCUT2D eigenvalue weighted by atomic mass is 16.5. The van der Waals surface area contributed by atoms with Gasteiger partial charge < -0.3 is 19.8 Å². The lowest BCUT2D eigenvalue weighted by atomic mass is 9.80. The Kier molecular flexibility index (Phi) is 8.82. The first-order chi connectivity index (χ1) is 13.9. The number of hydrogen-bond donors (Lipinski definition) is 2. The number of piperidine rings is 2. The van der Waals surface area contributed by atoms with Gasteiger partial charge in [0.1, 0.15) is 0 Å². The minimum absolute atomic E-state index is 0.179. The van der Waals surface area contributed by atoms with Crippen LogP contribution in [0.1, 0.15) is 65.7 Å². The van der Waals surface area contributed by atoms with E-state index in [1.165, 1.54) is 25.7 Å². The third-order valence-electron chi connectivity index (χ3n) is 8.12. The van der Waals surface area contributed by atoms with E-state index < -0.39 is 0 Å². The molecule has 0 radical (unpaired) electrons. The monoisotopic (exact) mass is 410 g/mol. The van der Waals surface area contributed by atoms with Crippen molar-refractivity contribution in [2.24, 2.45) is 23.7 Å². The zero-order chi connectivity index (χ0) is 21.0.